The van der Waals surface area contributed by atoms with E-state index in [4.69, 9.17) is 8.83 Å². The van der Waals surface area contributed by atoms with Crippen molar-refractivity contribution in [1.29, 1.82) is 0 Å². The molecule has 0 amide bonds. The van der Waals surface area contributed by atoms with Crippen molar-refractivity contribution in [2.75, 3.05) is 4.90 Å². The fourth-order valence-corrected chi connectivity index (χ4v) is 11.5. The van der Waals surface area contributed by atoms with Crippen molar-refractivity contribution < 1.29 is 8.83 Å². The van der Waals surface area contributed by atoms with Crippen LogP contribution in [0.15, 0.2) is 270 Å². The first-order valence-electron chi connectivity index (χ1n) is 24.0. The summed E-state index contributed by atoms with van der Waals surface area (Å²) in [5, 5.41) is 4.09. The molecule has 11 aromatic carbocycles. The molecule has 70 heavy (non-hydrogen) atoms. The van der Waals surface area contributed by atoms with E-state index in [0.717, 1.165) is 88.8 Å². The maximum absolute atomic E-state index is 7.23. The molecule has 0 radical (unpaired) electrons. The predicted molar refractivity (Wildman–Crippen MR) is 289 cm³/mol. The van der Waals surface area contributed by atoms with Crippen molar-refractivity contribution in [1.82, 2.24) is 0 Å². The van der Waals surface area contributed by atoms with Crippen LogP contribution in [-0.2, 0) is 5.41 Å². The third-order valence-electron chi connectivity index (χ3n) is 14.5. The summed E-state index contributed by atoms with van der Waals surface area (Å²) in [5.41, 5.74) is 19.9. The number of nitrogens with zero attached hydrogens (tertiary/aromatic N) is 1. The highest BCUT2D eigenvalue weighted by Gasteiger charge is 2.46. The van der Waals surface area contributed by atoms with Gasteiger partial charge in [0.1, 0.15) is 22.3 Å². The largest absolute Gasteiger partial charge is 0.456 e. The summed E-state index contributed by atoms with van der Waals surface area (Å²) >= 11 is 0. The van der Waals surface area contributed by atoms with Gasteiger partial charge in [0, 0.05) is 33.1 Å². The van der Waals surface area contributed by atoms with Crippen LogP contribution in [0.2, 0.25) is 0 Å². The fourth-order valence-electron chi connectivity index (χ4n) is 11.5. The molecule has 0 N–H and O–H groups in total. The average Bonchev–Trinajstić information content (AvgIpc) is 4.10. The van der Waals surface area contributed by atoms with E-state index in [2.05, 4.69) is 260 Å². The van der Waals surface area contributed by atoms with Gasteiger partial charge in [-0.1, -0.05) is 212 Å². The van der Waals surface area contributed by atoms with E-state index in [-0.39, 0.29) is 0 Å². The molecule has 13 aromatic rings. The number of para-hydroxylation sites is 1. The van der Waals surface area contributed by atoms with Crippen molar-refractivity contribution in [3.8, 4) is 44.5 Å². The molecule has 3 heteroatoms. The van der Waals surface area contributed by atoms with Gasteiger partial charge in [0.15, 0.2) is 0 Å². The lowest BCUT2D eigenvalue weighted by atomic mass is 9.67. The van der Waals surface area contributed by atoms with Gasteiger partial charge >= 0.3 is 0 Å². The first-order valence-corrected chi connectivity index (χ1v) is 24.0. The van der Waals surface area contributed by atoms with Crippen LogP contribution in [0.1, 0.15) is 22.3 Å². The third kappa shape index (κ3) is 6.08. The molecule has 3 nitrogen and oxygen atoms in total. The molecule has 2 aromatic heterocycles. The quantitative estimate of drug-likeness (QED) is 0.152. The normalized spacial score (nSPS) is 12.7. The van der Waals surface area contributed by atoms with E-state index >= 15 is 0 Å². The summed E-state index contributed by atoms with van der Waals surface area (Å²) < 4.78 is 14.0. The monoisotopic (exact) mass is 893 g/mol. The molecule has 1 aliphatic carbocycles. The van der Waals surface area contributed by atoms with E-state index in [9.17, 15) is 0 Å². The highest BCUT2D eigenvalue weighted by Crippen LogP contribution is 2.58. The number of anilines is 3. The van der Waals surface area contributed by atoms with Crippen LogP contribution in [0.3, 0.4) is 0 Å². The van der Waals surface area contributed by atoms with E-state index in [1.54, 1.807) is 0 Å². The lowest BCUT2D eigenvalue weighted by molar-refractivity contribution is 0.664. The molecular formula is C67H43NO2. The Balaban J connectivity index is 1.06. The van der Waals surface area contributed by atoms with Crippen LogP contribution in [0.4, 0.5) is 17.1 Å². The standard InChI is InChI=1S/C67H43NO2/c1-5-19-44(20-6-1)46-35-37-47(38-36-46)63-65-55-30-14-16-33-60(55)69-62(65)43-56-64-59(32-18-34-61(64)70-66(56)63)68(51-28-17-23-48(41-51)45-21-7-2-8-22-45)52-39-40-54-53-29-13-15-31-57(53)67(58(54)42-52,49-24-9-3-10-25-49)50-26-11-4-12-27-50/h1-43H. The number of rotatable bonds is 8. The van der Waals surface area contributed by atoms with E-state index in [0.29, 0.717) is 0 Å². The zero-order chi connectivity index (χ0) is 46.2. The summed E-state index contributed by atoms with van der Waals surface area (Å²) in [6, 6.07) is 94.1. The smallest absolute Gasteiger partial charge is 0.144 e. The Hall–Kier alpha value is -9.18. The van der Waals surface area contributed by atoms with Gasteiger partial charge in [-0.3, -0.25) is 0 Å². The van der Waals surface area contributed by atoms with Gasteiger partial charge in [0.25, 0.3) is 0 Å². The lowest BCUT2D eigenvalue weighted by Crippen LogP contribution is -2.28. The Morgan fingerprint density at radius 3 is 1.61 bits per heavy atom. The summed E-state index contributed by atoms with van der Waals surface area (Å²) in [4.78, 5) is 2.44. The molecule has 0 atom stereocenters. The summed E-state index contributed by atoms with van der Waals surface area (Å²) in [6.45, 7) is 0. The number of fused-ring (bicyclic) bond motifs is 9. The first-order chi connectivity index (χ1) is 34.7. The number of benzene rings is 11. The van der Waals surface area contributed by atoms with Gasteiger partial charge in [0.2, 0.25) is 0 Å². The van der Waals surface area contributed by atoms with Crippen molar-refractivity contribution in [2.45, 2.75) is 5.41 Å². The second-order valence-corrected chi connectivity index (χ2v) is 18.3. The van der Waals surface area contributed by atoms with E-state index in [1.165, 1.54) is 38.9 Å². The van der Waals surface area contributed by atoms with Gasteiger partial charge in [-0.25, -0.2) is 0 Å². The molecular weight excluding hydrogens is 851 g/mol. The van der Waals surface area contributed by atoms with Crippen molar-refractivity contribution in [3.05, 3.63) is 283 Å². The molecule has 0 spiro atoms. The fraction of sp³-hybridized carbons (Fsp3) is 0.0149. The molecule has 0 saturated heterocycles. The van der Waals surface area contributed by atoms with Crippen LogP contribution < -0.4 is 4.90 Å². The predicted octanol–water partition coefficient (Wildman–Crippen LogP) is 18.3. The topological polar surface area (TPSA) is 29.5 Å². The molecule has 0 fully saturated rings. The average molecular weight is 894 g/mol. The Morgan fingerprint density at radius 2 is 0.871 bits per heavy atom. The Morgan fingerprint density at radius 1 is 0.314 bits per heavy atom. The number of hydrogen-bond donors (Lipinski definition) is 0. The van der Waals surface area contributed by atoms with Crippen LogP contribution >= 0.6 is 0 Å². The first kappa shape index (κ1) is 39.9. The van der Waals surface area contributed by atoms with Crippen molar-refractivity contribution in [3.63, 3.8) is 0 Å². The SMILES string of the molecule is c1ccc(-c2ccc(-c3c4oc5cccc(N(c6cccc(-c7ccccc7)c6)c6ccc7c(c6)C(c6ccccc6)(c6ccccc6)c6ccccc6-7)c5c4cc4oc5ccccc5c34)cc2)cc1. The third-order valence-corrected chi connectivity index (χ3v) is 14.5. The van der Waals surface area contributed by atoms with Gasteiger partial charge in [0.05, 0.1) is 16.5 Å². The zero-order valence-electron chi connectivity index (χ0n) is 38.1. The van der Waals surface area contributed by atoms with Crippen LogP contribution in [0, 0.1) is 0 Å². The Labute approximate surface area is 405 Å². The highest BCUT2D eigenvalue weighted by atomic mass is 16.3. The maximum atomic E-state index is 7.23. The van der Waals surface area contributed by atoms with Gasteiger partial charge < -0.3 is 13.7 Å². The minimum atomic E-state index is -0.575. The summed E-state index contributed by atoms with van der Waals surface area (Å²) in [7, 11) is 0. The molecule has 0 saturated carbocycles. The molecule has 0 bridgehead atoms. The van der Waals surface area contributed by atoms with E-state index in [1.807, 2.05) is 6.07 Å². The molecule has 328 valence electrons. The minimum Gasteiger partial charge on any atom is -0.456 e. The molecule has 0 unspecified atom stereocenters. The van der Waals surface area contributed by atoms with Crippen LogP contribution in [0.5, 0.6) is 0 Å². The molecule has 2 heterocycles. The van der Waals surface area contributed by atoms with Crippen molar-refractivity contribution >= 4 is 60.9 Å². The van der Waals surface area contributed by atoms with Crippen LogP contribution in [0.25, 0.3) is 88.4 Å². The molecule has 0 aliphatic heterocycles. The second kappa shape index (κ2) is 16.0. The van der Waals surface area contributed by atoms with Gasteiger partial charge in [-0.15, -0.1) is 0 Å². The second-order valence-electron chi connectivity index (χ2n) is 18.3. The molecule has 14 rings (SSSR count). The maximum Gasteiger partial charge on any atom is 0.144 e. The number of furan rings is 2. The van der Waals surface area contributed by atoms with Crippen LogP contribution in [-0.4, -0.2) is 0 Å². The lowest BCUT2D eigenvalue weighted by Gasteiger charge is -2.35. The minimum absolute atomic E-state index is 0.575. The number of hydrogen-bond acceptors (Lipinski definition) is 3. The van der Waals surface area contributed by atoms with E-state index < -0.39 is 5.41 Å². The summed E-state index contributed by atoms with van der Waals surface area (Å²) in [6.07, 6.45) is 0. The van der Waals surface area contributed by atoms with Crippen molar-refractivity contribution in [2.24, 2.45) is 0 Å². The molecule has 1 aliphatic rings. The Bertz CT molecular complexity index is 4060. The van der Waals surface area contributed by atoms with Gasteiger partial charge in [-0.05, 0) is 110 Å². The van der Waals surface area contributed by atoms with Gasteiger partial charge in [-0.2, -0.15) is 0 Å². The zero-order valence-corrected chi connectivity index (χ0v) is 38.1. The Kier molecular flexibility index (Phi) is 9.11. The highest BCUT2D eigenvalue weighted by molar-refractivity contribution is 6.25. The summed E-state index contributed by atoms with van der Waals surface area (Å²) in [5.74, 6) is 0.